The largest absolute Gasteiger partial charge is 0.332 e. The van der Waals surface area contributed by atoms with Gasteiger partial charge >= 0.3 is 5.69 Å². The van der Waals surface area contributed by atoms with E-state index in [2.05, 4.69) is 30.9 Å². The number of halogens is 1. The molecule has 3 aromatic heterocycles. The maximum absolute atomic E-state index is 12.5. The maximum atomic E-state index is 12.5. The third kappa shape index (κ3) is 2.14. The second kappa shape index (κ2) is 5.23. The number of aromatic amines is 1. The van der Waals surface area contributed by atoms with Crippen molar-refractivity contribution in [2.24, 2.45) is 7.05 Å². The third-order valence-corrected chi connectivity index (χ3v) is 3.64. The number of nitriles is 1. The number of nitrogens with one attached hydrogen (secondary N) is 1. The van der Waals surface area contributed by atoms with Gasteiger partial charge in [-0.15, -0.1) is 0 Å². The molecule has 0 aliphatic carbocycles. The van der Waals surface area contributed by atoms with Crippen LogP contribution in [0.5, 0.6) is 0 Å². The normalized spacial score (nSPS) is 10.8. The third-order valence-electron chi connectivity index (χ3n) is 3.27. The lowest BCUT2D eigenvalue weighted by Gasteiger charge is -2.08. The van der Waals surface area contributed by atoms with E-state index in [0.717, 1.165) is 4.57 Å². The Labute approximate surface area is 131 Å². The van der Waals surface area contributed by atoms with Crippen LogP contribution in [-0.4, -0.2) is 24.1 Å². The molecule has 0 radical (unpaired) electrons. The van der Waals surface area contributed by atoms with Crippen LogP contribution in [0.15, 0.2) is 32.7 Å². The van der Waals surface area contributed by atoms with Gasteiger partial charge in [-0.3, -0.25) is 18.9 Å². The molecule has 3 aromatic rings. The summed E-state index contributed by atoms with van der Waals surface area (Å²) in [5, 5.41) is 9.08. The van der Waals surface area contributed by atoms with Gasteiger partial charge in [0.1, 0.15) is 6.07 Å². The van der Waals surface area contributed by atoms with E-state index in [0.29, 0.717) is 16.0 Å². The number of aryl methyl sites for hydroxylation is 1. The minimum Gasteiger partial charge on any atom is -0.327 e. The minimum absolute atomic E-state index is 0.0815. The monoisotopic (exact) mass is 360 g/mol. The Balaban J connectivity index is 2.26. The molecule has 0 aromatic carbocycles. The highest BCUT2D eigenvalue weighted by atomic mass is 79.9. The highest BCUT2D eigenvalue weighted by Crippen LogP contribution is 2.10. The fourth-order valence-electron chi connectivity index (χ4n) is 2.18. The van der Waals surface area contributed by atoms with Crippen molar-refractivity contribution in [3.63, 3.8) is 0 Å². The predicted molar refractivity (Wildman–Crippen MR) is 81.3 cm³/mol. The van der Waals surface area contributed by atoms with Crippen molar-refractivity contribution < 1.29 is 0 Å². The highest BCUT2D eigenvalue weighted by molar-refractivity contribution is 9.10. The van der Waals surface area contributed by atoms with Crippen LogP contribution in [0.25, 0.3) is 11.2 Å². The maximum Gasteiger partial charge on any atom is 0.332 e. The van der Waals surface area contributed by atoms with Gasteiger partial charge in [0.2, 0.25) is 0 Å². The summed E-state index contributed by atoms with van der Waals surface area (Å²) in [5.41, 5.74) is 0.129. The number of aromatic nitrogens is 5. The molecule has 1 N–H and O–H groups in total. The molecule has 0 saturated carbocycles. The molecule has 0 bridgehead atoms. The van der Waals surface area contributed by atoms with Crippen LogP contribution in [0.1, 0.15) is 11.3 Å². The standard InChI is InChI=1S/C13H9BrN6O2/c1-19-10-9(17-12(14)18-10)11(21)20(13(19)22)6-8-7(5-15)3-2-4-16-8/h2-4H,6H2,1H3,(H,17,18). The lowest BCUT2D eigenvalue weighted by atomic mass is 10.2. The second-order valence-electron chi connectivity index (χ2n) is 4.57. The van der Waals surface area contributed by atoms with Crippen LogP contribution in [0, 0.1) is 11.3 Å². The Kier molecular flexibility index (Phi) is 3.38. The first kappa shape index (κ1) is 14.2. The summed E-state index contributed by atoms with van der Waals surface area (Å²) < 4.78 is 2.66. The van der Waals surface area contributed by atoms with E-state index in [-0.39, 0.29) is 17.7 Å². The van der Waals surface area contributed by atoms with E-state index in [1.165, 1.54) is 17.8 Å². The average molecular weight is 361 g/mol. The average Bonchev–Trinajstić information content (AvgIpc) is 2.92. The van der Waals surface area contributed by atoms with Crippen LogP contribution in [0.3, 0.4) is 0 Å². The van der Waals surface area contributed by atoms with Crippen LogP contribution in [0.2, 0.25) is 0 Å². The number of hydrogen-bond donors (Lipinski definition) is 1. The molecular weight excluding hydrogens is 352 g/mol. The van der Waals surface area contributed by atoms with E-state index in [9.17, 15) is 9.59 Å². The molecule has 3 heterocycles. The molecule has 0 fully saturated rings. The molecule has 9 heteroatoms. The summed E-state index contributed by atoms with van der Waals surface area (Å²) in [6, 6.07) is 5.21. The van der Waals surface area contributed by atoms with Gasteiger partial charge in [-0.2, -0.15) is 5.26 Å². The van der Waals surface area contributed by atoms with Gasteiger partial charge in [0.15, 0.2) is 15.9 Å². The lowest BCUT2D eigenvalue weighted by Crippen LogP contribution is -2.39. The van der Waals surface area contributed by atoms with Crippen molar-refractivity contribution in [3.8, 4) is 6.07 Å². The van der Waals surface area contributed by atoms with Crippen LogP contribution < -0.4 is 11.2 Å². The number of hydrogen-bond acceptors (Lipinski definition) is 5. The predicted octanol–water partition coefficient (Wildman–Crippen LogP) is 0.501. The minimum atomic E-state index is -0.522. The first-order chi connectivity index (χ1) is 10.5. The number of H-pyrrole nitrogens is 1. The van der Waals surface area contributed by atoms with Gasteiger partial charge in [0.25, 0.3) is 5.56 Å². The Morgan fingerprint density at radius 1 is 1.45 bits per heavy atom. The summed E-state index contributed by atoms with van der Waals surface area (Å²) in [4.78, 5) is 35.7. The molecule has 22 heavy (non-hydrogen) atoms. The number of imidazole rings is 1. The molecule has 110 valence electrons. The van der Waals surface area contributed by atoms with Gasteiger partial charge in [0, 0.05) is 13.2 Å². The van der Waals surface area contributed by atoms with Gasteiger partial charge in [-0.05, 0) is 28.1 Å². The second-order valence-corrected chi connectivity index (χ2v) is 5.32. The summed E-state index contributed by atoms with van der Waals surface area (Å²) in [5.74, 6) is 0. The SMILES string of the molecule is Cn1c(=O)n(Cc2ncccc2C#N)c(=O)c2[nH]c(Br)nc21. The molecular formula is C13H9BrN6O2. The molecule has 8 nitrogen and oxygen atoms in total. The summed E-state index contributed by atoms with van der Waals surface area (Å²) in [7, 11) is 1.53. The van der Waals surface area contributed by atoms with Crippen LogP contribution in [-0.2, 0) is 13.6 Å². The van der Waals surface area contributed by atoms with E-state index in [1.54, 1.807) is 12.1 Å². The lowest BCUT2D eigenvalue weighted by molar-refractivity contribution is 0.646. The number of rotatable bonds is 2. The van der Waals surface area contributed by atoms with E-state index in [1.807, 2.05) is 6.07 Å². The molecule has 0 aliphatic heterocycles. The number of nitrogens with zero attached hydrogens (tertiary/aromatic N) is 5. The highest BCUT2D eigenvalue weighted by Gasteiger charge is 2.16. The zero-order valence-corrected chi connectivity index (χ0v) is 13.0. The van der Waals surface area contributed by atoms with Crippen molar-refractivity contribution >= 4 is 27.1 Å². The summed E-state index contributed by atoms with van der Waals surface area (Å²) in [6.07, 6.45) is 1.51. The van der Waals surface area contributed by atoms with E-state index in [4.69, 9.17) is 5.26 Å². The molecule has 0 spiro atoms. The summed E-state index contributed by atoms with van der Waals surface area (Å²) in [6.45, 7) is -0.0815. The van der Waals surface area contributed by atoms with E-state index >= 15 is 0 Å². The zero-order valence-electron chi connectivity index (χ0n) is 11.4. The van der Waals surface area contributed by atoms with Crippen molar-refractivity contribution in [1.29, 1.82) is 5.26 Å². The van der Waals surface area contributed by atoms with Crippen LogP contribution >= 0.6 is 15.9 Å². The topological polar surface area (TPSA) is 109 Å². The number of pyridine rings is 1. The van der Waals surface area contributed by atoms with Crippen LogP contribution in [0.4, 0.5) is 0 Å². The Bertz CT molecular complexity index is 1040. The Hall–Kier alpha value is -2.73. The van der Waals surface area contributed by atoms with Gasteiger partial charge in [-0.25, -0.2) is 9.78 Å². The molecule has 3 rings (SSSR count). The van der Waals surface area contributed by atoms with Crippen molar-refractivity contribution in [2.75, 3.05) is 0 Å². The molecule has 0 atom stereocenters. The smallest absolute Gasteiger partial charge is 0.327 e. The first-order valence-corrected chi connectivity index (χ1v) is 7.01. The quantitative estimate of drug-likeness (QED) is 0.669. The molecule has 0 amide bonds. The zero-order chi connectivity index (χ0) is 15.9. The first-order valence-electron chi connectivity index (χ1n) is 6.22. The van der Waals surface area contributed by atoms with Crippen molar-refractivity contribution in [3.05, 3.63) is 55.2 Å². The molecule has 0 saturated heterocycles. The summed E-state index contributed by atoms with van der Waals surface area (Å²) >= 11 is 3.15. The van der Waals surface area contributed by atoms with Gasteiger partial charge in [-0.1, -0.05) is 0 Å². The fourth-order valence-corrected chi connectivity index (χ4v) is 2.54. The van der Waals surface area contributed by atoms with E-state index < -0.39 is 11.2 Å². The fraction of sp³-hybridized carbons (Fsp3) is 0.154. The Morgan fingerprint density at radius 3 is 2.95 bits per heavy atom. The van der Waals surface area contributed by atoms with Crippen molar-refractivity contribution in [1.82, 2.24) is 24.1 Å². The molecule has 0 aliphatic rings. The number of fused-ring (bicyclic) bond motifs is 1. The van der Waals surface area contributed by atoms with Crippen molar-refractivity contribution in [2.45, 2.75) is 6.54 Å². The Morgan fingerprint density at radius 2 is 2.23 bits per heavy atom. The van der Waals surface area contributed by atoms with Gasteiger partial charge in [0.05, 0.1) is 17.8 Å². The van der Waals surface area contributed by atoms with Gasteiger partial charge < -0.3 is 4.98 Å². The molecule has 0 unspecified atom stereocenters.